The molecule has 22 heavy (non-hydrogen) atoms. The van der Waals surface area contributed by atoms with E-state index in [2.05, 4.69) is 55.2 Å². The Morgan fingerprint density at radius 1 is 0.909 bits per heavy atom. The van der Waals surface area contributed by atoms with Crippen LogP contribution in [0.15, 0.2) is 36.5 Å². The van der Waals surface area contributed by atoms with Crippen LogP contribution in [0, 0.1) is 11.8 Å². The Morgan fingerprint density at radius 3 is 2.27 bits per heavy atom. The van der Waals surface area contributed by atoms with Crippen molar-refractivity contribution in [1.82, 2.24) is 0 Å². The van der Waals surface area contributed by atoms with Gasteiger partial charge in [0.05, 0.1) is 0 Å². The molecular formula is C20H30O2. The average molecular weight is 302 g/mol. The third kappa shape index (κ3) is 18.2. The number of hydrogen-bond donors (Lipinski definition) is 1. The first-order valence-corrected chi connectivity index (χ1v) is 8.39. The summed E-state index contributed by atoms with van der Waals surface area (Å²) in [4.78, 5) is 10.3. The van der Waals surface area contributed by atoms with Crippen LogP contribution in [0.25, 0.3) is 0 Å². The number of rotatable bonds is 12. The third-order valence-electron chi connectivity index (χ3n) is 3.06. The molecule has 1 N–H and O–H groups in total. The first kappa shape index (κ1) is 20.2. The predicted octanol–water partition coefficient (Wildman–Crippen LogP) is 5.66. The van der Waals surface area contributed by atoms with E-state index in [1.54, 1.807) is 0 Å². The highest BCUT2D eigenvalue weighted by Gasteiger charge is 1.92. The molecule has 0 fully saturated rings. The van der Waals surface area contributed by atoms with Crippen LogP contribution in [-0.4, -0.2) is 11.1 Å². The second-order valence-corrected chi connectivity index (χ2v) is 5.19. The lowest BCUT2D eigenvalue weighted by molar-refractivity contribution is -0.137. The molecule has 0 saturated carbocycles. The van der Waals surface area contributed by atoms with Gasteiger partial charge in [-0.05, 0) is 32.1 Å². The van der Waals surface area contributed by atoms with Crippen molar-refractivity contribution in [3.8, 4) is 11.8 Å². The van der Waals surface area contributed by atoms with E-state index in [1.165, 1.54) is 25.7 Å². The van der Waals surface area contributed by atoms with Crippen LogP contribution in [0.5, 0.6) is 0 Å². The van der Waals surface area contributed by atoms with Gasteiger partial charge in [-0.3, -0.25) is 4.79 Å². The Bertz CT molecular complexity index is 405. The molecule has 122 valence electrons. The number of aliphatic carboxylic acids is 1. The molecule has 0 aromatic heterocycles. The largest absolute Gasteiger partial charge is 0.481 e. The SMILES string of the molecule is CCCCC/C=C/C/C=C\C/C=C/CC#CCCCC(=O)O. The highest BCUT2D eigenvalue weighted by atomic mass is 16.4. The van der Waals surface area contributed by atoms with E-state index < -0.39 is 5.97 Å². The second kappa shape index (κ2) is 17.3. The molecule has 0 aliphatic heterocycles. The monoisotopic (exact) mass is 302 g/mol. The van der Waals surface area contributed by atoms with Crippen LogP contribution in [0.3, 0.4) is 0 Å². The van der Waals surface area contributed by atoms with Crippen molar-refractivity contribution < 1.29 is 9.90 Å². The van der Waals surface area contributed by atoms with E-state index in [0.29, 0.717) is 12.8 Å². The quantitative estimate of drug-likeness (QED) is 0.287. The van der Waals surface area contributed by atoms with Gasteiger partial charge in [-0.15, -0.1) is 5.92 Å². The Balaban J connectivity index is 3.44. The van der Waals surface area contributed by atoms with Crippen molar-refractivity contribution in [3.05, 3.63) is 36.5 Å². The van der Waals surface area contributed by atoms with Crippen molar-refractivity contribution >= 4 is 5.97 Å². The molecule has 0 saturated heterocycles. The molecule has 0 rings (SSSR count). The number of carboxylic acid groups (broad SMARTS) is 1. The molecule has 0 radical (unpaired) electrons. The maximum atomic E-state index is 10.3. The average Bonchev–Trinajstić information content (AvgIpc) is 2.50. The summed E-state index contributed by atoms with van der Waals surface area (Å²) < 4.78 is 0. The molecule has 0 unspecified atom stereocenters. The van der Waals surface area contributed by atoms with Gasteiger partial charge in [-0.25, -0.2) is 0 Å². The van der Waals surface area contributed by atoms with Crippen molar-refractivity contribution in [2.45, 2.75) is 71.1 Å². The van der Waals surface area contributed by atoms with Gasteiger partial charge in [0.2, 0.25) is 0 Å². The summed E-state index contributed by atoms with van der Waals surface area (Å²) in [6.45, 7) is 2.23. The lowest BCUT2D eigenvalue weighted by atomic mass is 10.2. The Labute approximate surface area is 136 Å². The fraction of sp³-hybridized carbons (Fsp3) is 0.550. The minimum Gasteiger partial charge on any atom is -0.481 e. The maximum Gasteiger partial charge on any atom is 0.303 e. The van der Waals surface area contributed by atoms with Gasteiger partial charge in [-0.2, -0.15) is 0 Å². The van der Waals surface area contributed by atoms with Gasteiger partial charge in [0.1, 0.15) is 0 Å². The van der Waals surface area contributed by atoms with E-state index in [9.17, 15) is 4.79 Å². The Kier molecular flexibility index (Phi) is 15.9. The molecule has 0 spiro atoms. The molecule has 0 aromatic rings. The van der Waals surface area contributed by atoms with Crippen molar-refractivity contribution in [2.24, 2.45) is 0 Å². The minimum atomic E-state index is -0.746. The summed E-state index contributed by atoms with van der Waals surface area (Å²) in [5.41, 5.74) is 0. The van der Waals surface area contributed by atoms with Crippen LogP contribution in [-0.2, 0) is 4.79 Å². The van der Waals surface area contributed by atoms with Crippen LogP contribution in [0.4, 0.5) is 0 Å². The first-order chi connectivity index (χ1) is 10.8. The second-order valence-electron chi connectivity index (χ2n) is 5.19. The number of carbonyl (C=O) groups is 1. The van der Waals surface area contributed by atoms with Gasteiger partial charge >= 0.3 is 5.97 Å². The van der Waals surface area contributed by atoms with E-state index in [-0.39, 0.29) is 6.42 Å². The van der Waals surface area contributed by atoms with Gasteiger partial charge in [0, 0.05) is 19.3 Å². The fourth-order valence-corrected chi connectivity index (χ4v) is 1.80. The van der Waals surface area contributed by atoms with Gasteiger partial charge in [-0.1, -0.05) is 62.1 Å². The van der Waals surface area contributed by atoms with Crippen LogP contribution >= 0.6 is 0 Å². The molecule has 0 bridgehead atoms. The van der Waals surface area contributed by atoms with Gasteiger partial charge in [0.15, 0.2) is 0 Å². The number of carboxylic acids is 1. The molecule has 2 heteroatoms. The number of hydrogen-bond acceptors (Lipinski definition) is 1. The van der Waals surface area contributed by atoms with Crippen LogP contribution < -0.4 is 0 Å². The van der Waals surface area contributed by atoms with Crippen molar-refractivity contribution in [2.75, 3.05) is 0 Å². The zero-order valence-corrected chi connectivity index (χ0v) is 13.9. The normalized spacial score (nSPS) is 11.3. The molecule has 0 heterocycles. The summed E-state index contributed by atoms with van der Waals surface area (Å²) in [6, 6.07) is 0. The van der Waals surface area contributed by atoms with Gasteiger partial charge in [0.25, 0.3) is 0 Å². The summed E-state index contributed by atoms with van der Waals surface area (Å²) in [6.07, 6.45) is 22.4. The summed E-state index contributed by atoms with van der Waals surface area (Å²) in [7, 11) is 0. The summed E-state index contributed by atoms with van der Waals surface area (Å²) in [5.74, 6) is 5.27. The smallest absolute Gasteiger partial charge is 0.303 e. The number of allylic oxidation sites excluding steroid dienone is 6. The van der Waals surface area contributed by atoms with E-state index in [0.717, 1.165) is 19.3 Å². The molecule has 0 amide bonds. The van der Waals surface area contributed by atoms with E-state index in [4.69, 9.17) is 5.11 Å². The Hall–Kier alpha value is -1.75. The van der Waals surface area contributed by atoms with E-state index >= 15 is 0 Å². The Morgan fingerprint density at radius 2 is 1.59 bits per heavy atom. The highest BCUT2D eigenvalue weighted by molar-refractivity contribution is 5.66. The zero-order chi connectivity index (χ0) is 16.3. The van der Waals surface area contributed by atoms with E-state index in [1.807, 2.05) is 0 Å². The maximum absolute atomic E-state index is 10.3. The third-order valence-corrected chi connectivity index (χ3v) is 3.06. The van der Waals surface area contributed by atoms with Crippen molar-refractivity contribution in [3.63, 3.8) is 0 Å². The first-order valence-electron chi connectivity index (χ1n) is 8.39. The topological polar surface area (TPSA) is 37.3 Å². The van der Waals surface area contributed by atoms with Crippen LogP contribution in [0.1, 0.15) is 71.1 Å². The molecule has 0 atom stereocenters. The molecule has 0 aliphatic rings. The summed E-state index contributed by atoms with van der Waals surface area (Å²) >= 11 is 0. The predicted molar refractivity (Wildman–Crippen MR) is 94.7 cm³/mol. The molecular weight excluding hydrogens is 272 g/mol. The molecule has 2 nitrogen and oxygen atoms in total. The fourth-order valence-electron chi connectivity index (χ4n) is 1.80. The lowest BCUT2D eigenvalue weighted by Gasteiger charge is -1.90. The van der Waals surface area contributed by atoms with Crippen LogP contribution in [0.2, 0.25) is 0 Å². The summed E-state index contributed by atoms with van der Waals surface area (Å²) in [5, 5.41) is 8.47. The van der Waals surface area contributed by atoms with Crippen molar-refractivity contribution in [1.29, 1.82) is 0 Å². The molecule has 0 aromatic carbocycles. The molecule has 0 aliphatic carbocycles. The lowest BCUT2D eigenvalue weighted by Crippen LogP contribution is -1.92. The number of unbranched alkanes of at least 4 members (excludes halogenated alkanes) is 4. The minimum absolute atomic E-state index is 0.211. The highest BCUT2D eigenvalue weighted by Crippen LogP contribution is 2.00. The zero-order valence-electron chi connectivity index (χ0n) is 13.9. The standard InChI is InChI=1S/C20H30O2/c1-2-3-4-5-6-7-8-9-10-11-12-13-14-15-16-17-18-19-20(21)22/h6-7,9-10,12-13H,2-5,8,11,14,17-19H2,1H3,(H,21,22)/b7-6+,10-9-,13-12+. The van der Waals surface area contributed by atoms with Gasteiger partial charge < -0.3 is 5.11 Å².